The van der Waals surface area contributed by atoms with Crippen molar-refractivity contribution < 1.29 is 9.59 Å². The van der Waals surface area contributed by atoms with Crippen molar-refractivity contribution in [3.05, 3.63) is 64.7 Å². The highest BCUT2D eigenvalue weighted by Gasteiger charge is 2.20. The second-order valence-electron chi connectivity index (χ2n) is 6.14. The van der Waals surface area contributed by atoms with Crippen molar-refractivity contribution in [3.8, 4) is 0 Å². The van der Waals surface area contributed by atoms with Crippen LogP contribution in [-0.2, 0) is 0 Å². The van der Waals surface area contributed by atoms with E-state index < -0.39 is 0 Å². The number of carbonyl (C=O) groups excluding carboxylic acids is 2. The van der Waals surface area contributed by atoms with Crippen molar-refractivity contribution >= 4 is 29.1 Å². The Labute approximate surface area is 152 Å². The zero-order valence-corrected chi connectivity index (χ0v) is 14.8. The number of likely N-dealkylation sites (N-methyl/N-ethyl adjacent to an activating group) is 1. The van der Waals surface area contributed by atoms with Gasteiger partial charge in [0.05, 0.1) is 0 Å². The van der Waals surface area contributed by atoms with Gasteiger partial charge in [0.25, 0.3) is 11.8 Å². The zero-order valence-electron chi connectivity index (χ0n) is 14.0. The number of hydrogen-bond acceptors (Lipinski definition) is 3. The summed E-state index contributed by atoms with van der Waals surface area (Å²) in [5.74, 6) is -0.207. The number of amides is 2. The molecule has 1 saturated heterocycles. The molecule has 3 rings (SSSR count). The minimum Gasteiger partial charge on any atom is -0.336 e. The van der Waals surface area contributed by atoms with Gasteiger partial charge in [-0.05, 0) is 49.5 Å². The lowest BCUT2D eigenvalue weighted by Gasteiger charge is -2.32. The van der Waals surface area contributed by atoms with Crippen LogP contribution in [0.1, 0.15) is 20.7 Å². The first-order valence-corrected chi connectivity index (χ1v) is 8.55. The third kappa shape index (κ3) is 4.38. The Morgan fingerprint density at radius 3 is 2.28 bits per heavy atom. The Kier molecular flexibility index (Phi) is 5.36. The van der Waals surface area contributed by atoms with Crippen molar-refractivity contribution in [1.82, 2.24) is 9.80 Å². The van der Waals surface area contributed by atoms with Gasteiger partial charge in [0.1, 0.15) is 0 Å². The van der Waals surface area contributed by atoms with E-state index in [2.05, 4.69) is 17.3 Å². The maximum atomic E-state index is 12.5. The van der Waals surface area contributed by atoms with Gasteiger partial charge in [-0.1, -0.05) is 17.7 Å². The van der Waals surface area contributed by atoms with Gasteiger partial charge in [-0.25, -0.2) is 0 Å². The van der Waals surface area contributed by atoms with E-state index in [0.717, 1.165) is 26.2 Å². The number of halogens is 1. The van der Waals surface area contributed by atoms with E-state index in [1.807, 2.05) is 4.90 Å². The normalized spacial score (nSPS) is 15.0. The van der Waals surface area contributed by atoms with Crippen molar-refractivity contribution in [1.29, 1.82) is 0 Å². The molecule has 1 aliphatic heterocycles. The average Bonchev–Trinajstić information content (AvgIpc) is 2.62. The summed E-state index contributed by atoms with van der Waals surface area (Å²) < 4.78 is 0. The molecule has 1 fully saturated rings. The fourth-order valence-corrected chi connectivity index (χ4v) is 2.91. The van der Waals surface area contributed by atoms with Gasteiger partial charge in [-0.15, -0.1) is 0 Å². The first-order chi connectivity index (χ1) is 12.0. The van der Waals surface area contributed by atoms with E-state index in [9.17, 15) is 9.59 Å². The molecule has 6 heteroatoms. The topological polar surface area (TPSA) is 52.6 Å². The molecule has 5 nitrogen and oxygen atoms in total. The molecule has 0 radical (unpaired) electrons. The summed E-state index contributed by atoms with van der Waals surface area (Å²) in [6, 6.07) is 13.7. The van der Waals surface area contributed by atoms with Crippen LogP contribution in [0.3, 0.4) is 0 Å². The van der Waals surface area contributed by atoms with Crippen molar-refractivity contribution in [3.63, 3.8) is 0 Å². The SMILES string of the molecule is CN1CCN(C(=O)c2ccc(NC(=O)c3cccc(Cl)c3)cc2)CC1. The number of carbonyl (C=O) groups is 2. The van der Waals surface area contributed by atoms with E-state index in [1.54, 1.807) is 48.5 Å². The molecule has 0 saturated carbocycles. The van der Waals surface area contributed by atoms with Crippen LogP contribution in [0.4, 0.5) is 5.69 Å². The van der Waals surface area contributed by atoms with E-state index in [-0.39, 0.29) is 11.8 Å². The monoisotopic (exact) mass is 357 g/mol. The standard InChI is InChI=1S/C19H20ClN3O2/c1-22-9-11-23(12-10-22)19(25)14-5-7-17(8-6-14)21-18(24)15-3-2-4-16(20)13-15/h2-8,13H,9-12H2,1H3,(H,21,24). The third-order valence-electron chi connectivity index (χ3n) is 4.27. The molecule has 0 aromatic heterocycles. The first kappa shape index (κ1) is 17.5. The van der Waals surface area contributed by atoms with Gasteiger partial charge < -0.3 is 15.1 Å². The highest BCUT2D eigenvalue weighted by molar-refractivity contribution is 6.31. The van der Waals surface area contributed by atoms with Gasteiger partial charge >= 0.3 is 0 Å². The summed E-state index contributed by atoms with van der Waals surface area (Å²) in [5, 5.41) is 3.32. The number of hydrogen-bond donors (Lipinski definition) is 1. The van der Waals surface area contributed by atoms with E-state index in [4.69, 9.17) is 11.6 Å². The van der Waals surface area contributed by atoms with Gasteiger partial charge in [0.15, 0.2) is 0 Å². The summed E-state index contributed by atoms with van der Waals surface area (Å²) in [4.78, 5) is 28.8. The van der Waals surface area contributed by atoms with Crippen molar-refractivity contribution in [2.45, 2.75) is 0 Å². The van der Waals surface area contributed by atoms with Crippen LogP contribution in [0.15, 0.2) is 48.5 Å². The lowest BCUT2D eigenvalue weighted by molar-refractivity contribution is 0.0664. The number of anilines is 1. The maximum Gasteiger partial charge on any atom is 0.255 e. The lowest BCUT2D eigenvalue weighted by atomic mass is 10.1. The minimum atomic E-state index is -0.236. The molecule has 0 atom stereocenters. The maximum absolute atomic E-state index is 12.5. The summed E-state index contributed by atoms with van der Waals surface area (Å²) >= 11 is 5.91. The number of rotatable bonds is 3. The predicted octanol–water partition coefficient (Wildman–Crippen LogP) is 2.98. The molecule has 130 valence electrons. The molecular weight excluding hydrogens is 338 g/mol. The Morgan fingerprint density at radius 2 is 1.64 bits per heavy atom. The summed E-state index contributed by atoms with van der Waals surface area (Å²) in [6.45, 7) is 3.25. The van der Waals surface area contributed by atoms with Crippen LogP contribution in [0, 0.1) is 0 Å². The molecule has 1 aliphatic rings. The van der Waals surface area contributed by atoms with Gasteiger partial charge in [-0.2, -0.15) is 0 Å². The molecule has 1 N–H and O–H groups in total. The molecular formula is C19H20ClN3O2. The second-order valence-corrected chi connectivity index (χ2v) is 6.57. The summed E-state index contributed by atoms with van der Waals surface area (Å²) in [6.07, 6.45) is 0. The average molecular weight is 358 g/mol. The number of nitrogens with zero attached hydrogens (tertiary/aromatic N) is 2. The molecule has 25 heavy (non-hydrogen) atoms. The fourth-order valence-electron chi connectivity index (χ4n) is 2.72. The van der Waals surface area contributed by atoms with Crippen molar-refractivity contribution in [2.75, 3.05) is 38.5 Å². The van der Waals surface area contributed by atoms with Crippen LogP contribution in [0.25, 0.3) is 0 Å². The van der Waals surface area contributed by atoms with Crippen LogP contribution < -0.4 is 5.32 Å². The fraction of sp³-hybridized carbons (Fsp3) is 0.263. The summed E-state index contributed by atoms with van der Waals surface area (Å²) in [5.41, 5.74) is 1.76. The van der Waals surface area contributed by atoms with Gasteiger partial charge in [0.2, 0.25) is 0 Å². The zero-order chi connectivity index (χ0) is 17.8. The molecule has 2 aromatic rings. The molecule has 2 aromatic carbocycles. The number of nitrogens with one attached hydrogen (secondary N) is 1. The Bertz CT molecular complexity index is 768. The smallest absolute Gasteiger partial charge is 0.255 e. The van der Waals surface area contributed by atoms with Crippen LogP contribution in [0.2, 0.25) is 5.02 Å². The second kappa shape index (κ2) is 7.68. The molecule has 0 bridgehead atoms. The van der Waals surface area contributed by atoms with Crippen LogP contribution >= 0.6 is 11.6 Å². The number of benzene rings is 2. The van der Waals surface area contributed by atoms with Gasteiger partial charge in [-0.3, -0.25) is 9.59 Å². The van der Waals surface area contributed by atoms with Crippen LogP contribution in [0.5, 0.6) is 0 Å². The van der Waals surface area contributed by atoms with E-state index in [1.165, 1.54) is 0 Å². The highest BCUT2D eigenvalue weighted by atomic mass is 35.5. The molecule has 0 unspecified atom stereocenters. The van der Waals surface area contributed by atoms with E-state index in [0.29, 0.717) is 21.8 Å². The van der Waals surface area contributed by atoms with E-state index >= 15 is 0 Å². The van der Waals surface area contributed by atoms with Crippen LogP contribution in [-0.4, -0.2) is 54.8 Å². The molecule has 0 spiro atoms. The molecule has 0 aliphatic carbocycles. The Morgan fingerprint density at radius 1 is 0.960 bits per heavy atom. The van der Waals surface area contributed by atoms with Gasteiger partial charge in [0, 0.05) is 48.0 Å². The third-order valence-corrected chi connectivity index (χ3v) is 4.50. The van der Waals surface area contributed by atoms with Crippen molar-refractivity contribution in [2.24, 2.45) is 0 Å². The highest BCUT2D eigenvalue weighted by Crippen LogP contribution is 2.16. The largest absolute Gasteiger partial charge is 0.336 e. The minimum absolute atomic E-state index is 0.0285. The lowest BCUT2D eigenvalue weighted by Crippen LogP contribution is -2.47. The first-order valence-electron chi connectivity index (χ1n) is 8.18. The quantitative estimate of drug-likeness (QED) is 0.918. The molecule has 2 amide bonds. The Hall–Kier alpha value is -2.37. The molecule has 1 heterocycles. The number of piperazine rings is 1. The Balaban J connectivity index is 1.64. The summed E-state index contributed by atoms with van der Waals surface area (Å²) in [7, 11) is 2.05. The predicted molar refractivity (Wildman–Crippen MR) is 99.2 cm³/mol.